The fourth-order valence-corrected chi connectivity index (χ4v) is 4.00. The van der Waals surface area contributed by atoms with Gasteiger partial charge in [0, 0.05) is 16.6 Å². The Morgan fingerprint density at radius 1 is 1.23 bits per heavy atom. The molecule has 0 aliphatic heterocycles. The van der Waals surface area contributed by atoms with E-state index in [1.807, 2.05) is 37.3 Å². The smallest absolute Gasteiger partial charge is 0.304 e. The van der Waals surface area contributed by atoms with E-state index in [0.717, 1.165) is 26.6 Å². The zero-order valence-corrected chi connectivity index (χ0v) is 15.8. The SMILES string of the molecule is COc1ccc(-c2ccccc2C)cc1C(CC(=O)O)c1ncc(C)s1. The number of aliphatic carboxylic acids is 1. The maximum atomic E-state index is 11.5. The molecule has 5 heteroatoms. The third-order valence-corrected chi connectivity index (χ3v) is 5.40. The number of aromatic nitrogens is 1. The molecule has 1 N–H and O–H groups in total. The summed E-state index contributed by atoms with van der Waals surface area (Å²) >= 11 is 1.53. The van der Waals surface area contributed by atoms with Crippen molar-refractivity contribution in [2.24, 2.45) is 0 Å². The van der Waals surface area contributed by atoms with E-state index >= 15 is 0 Å². The van der Waals surface area contributed by atoms with E-state index in [0.29, 0.717) is 5.75 Å². The fourth-order valence-electron chi connectivity index (χ4n) is 3.11. The molecule has 0 amide bonds. The van der Waals surface area contributed by atoms with Crippen LogP contribution in [0.3, 0.4) is 0 Å². The van der Waals surface area contributed by atoms with Crippen LogP contribution in [0.1, 0.15) is 33.4 Å². The number of carboxylic acids is 1. The van der Waals surface area contributed by atoms with Gasteiger partial charge in [-0.25, -0.2) is 4.98 Å². The predicted octanol–water partition coefficient (Wildman–Crippen LogP) is 5.04. The number of hydrogen-bond donors (Lipinski definition) is 1. The van der Waals surface area contributed by atoms with Crippen molar-refractivity contribution < 1.29 is 14.6 Å². The Bertz CT molecular complexity index is 933. The minimum Gasteiger partial charge on any atom is -0.496 e. The van der Waals surface area contributed by atoms with Crippen LogP contribution >= 0.6 is 11.3 Å². The van der Waals surface area contributed by atoms with Crippen molar-refractivity contribution in [3.8, 4) is 16.9 Å². The molecular formula is C21H21NO3S. The highest BCUT2D eigenvalue weighted by atomic mass is 32.1. The van der Waals surface area contributed by atoms with Gasteiger partial charge in [-0.05, 0) is 42.7 Å². The zero-order valence-electron chi connectivity index (χ0n) is 15.0. The number of carboxylic acid groups (broad SMARTS) is 1. The molecule has 2 aromatic carbocycles. The first-order valence-electron chi connectivity index (χ1n) is 8.37. The molecule has 134 valence electrons. The lowest BCUT2D eigenvalue weighted by Crippen LogP contribution is -2.09. The molecule has 0 saturated carbocycles. The Morgan fingerprint density at radius 2 is 2.00 bits per heavy atom. The molecular weight excluding hydrogens is 346 g/mol. The molecule has 0 spiro atoms. The van der Waals surface area contributed by atoms with Crippen molar-refractivity contribution in [2.45, 2.75) is 26.2 Å². The van der Waals surface area contributed by atoms with Crippen molar-refractivity contribution >= 4 is 17.3 Å². The molecule has 3 aromatic rings. The number of nitrogens with zero attached hydrogens (tertiary/aromatic N) is 1. The average molecular weight is 367 g/mol. The Balaban J connectivity index is 2.14. The molecule has 0 saturated heterocycles. The minimum atomic E-state index is -0.855. The maximum Gasteiger partial charge on any atom is 0.304 e. The van der Waals surface area contributed by atoms with Gasteiger partial charge >= 0.3 is 5.97 Å². The van der Waals surface area contributed by atoms with Crippen LogP contribution in [0.15, 0.2) is 48.7 Å². The van der Waals surface area contributed by atoms with Gasteiger partial charge in [-0.2, -0.15) is 0 Å². The number of carbonyl (C=O) groups is 1. The van der Waals surface area contributed by atoms with E-state index in [1.165, 1.54) is 16.9 Å². The van der Waals surface area contributed by atoms with E-state index in [4.69, 9.17) is 4.74 Å². The predicted molar refractivity (Wildman–Crippen MR) is 104 cm³/mol. The zero-order chi connectivity index (χ0) is 18.7. The first-order valence-corrected chi connectivity index (χ1v) is 9.19. The van der Waals surface area contributed by atoms with Crippen molar-refractivity contribution in [1.82, 2.24) is 4.98 Å². The Hall–Kier alpha value is -2.66. The number of aryl methyl sites for hydroxylation is 2. The first-order chi connectivity index (χ1) is 12.5. The third-order valence-electron chi connectivity index (χ3n) is 4.38. The molecule has 26 heavy (non-hydrogen) atoms. The second-order valence-electron chi connectivity index (χ2n) is 6.23. The van der Waals surface area contributed by atoms with Crippen molar-refractivity contribution in [3.63, 3.8) is 0 Å². The van der Waals surface area contributed by atoms with Gasteiger partial charge in [-0.1, -0.05) is 30.3 Å². The highest BCUT2D eigenvalue weighted by Crippen LogP contribution is 2.39. The molecule has 0 bridgehead atoms. The number of methoxy groups -OCH3 is 1. The summed E-state index contributed by atoms with van der Waals surface area (Å²) in [5, 5.41) is 10.2. The standard InChI is InChI=1S/C21H21NO3S/c1-13-6-4-5-7-16(13)15-8-9-19(25-3)17(10-15)18(11-20(23)24)21-22-12-14(2)26-21/h4-10,12,18H,11H2,1-3H3,(H,23,24). The molecule has 1 unspecified atom stereocenters. The maximum absolute atomic E-state index is 11.5. The van der Waals surface area contributed by atoms with E-state index < -0.39 is 5.97 Å². The van der Waals surface area contributed by atoms with Crippen LogP contribution in [-0.2, 0) is 4.79 Å². The van der Waals surface area contributed by atoms with Crippen LogP contribution in [-0.4, -0.2) is 23.2 Å². The summed E-state index contributed by atoms with van der Waals surface area (Å²) in [7, 11) is 1.61. The lowest BCUT2D eigenvalue weighted by molar-refractivity contribution is -0.137. The van der Waals surface area contributed by atoms with Crippen LogP contribution in [0.2, 0.25) is 0 Å². The Kier molecular flexibility index (Phi) is 5.38. The highest BCUT2D eigenvalue weighted by molar-refractivity contribution is 7.11. The summed E-state index contributed by atoms with van der Waals surface area (Å²) in [5.74, 6) is -0.516. The van der Waals surface area contributed by atoms with Crippen LogP contribution in [0.25, 0.3) is 11.1 Å². The lowest BCUT2D eigenvalue weighted by Gasteiger charge is -2.18. The summed E-state index contributed by atoms with van der Waals surface area (Å²) in [6.07, 6.45) is 1.76. The fraction of sp³-hybridized carbons (Fsp3) is 0.238. The first kappa shape index (κ1) is 18.1. The van der Waals surface area contributed by atoms with Crippen LogP contribution in [0, 0.1) is 13.8 Å². The number of ether oxygens (including phenoxy) is 1. The van der Waals surface area contributed by atoms with Gasteiger partial charge in [-0.3, -0.25) is 4.79 Å². The molecule has 0 fully saturated rings. The molecule has 3 rings (SSSR count). The van der Waals surface area contributed by atoms with Gasteiger partial charge in [0.1, 0.15) is 10.8 Å². The van der Waals surface area contributed by atoms with E-state index in [2.05, 4.69) is 24.0 Å². The monoisotopic (exact) mass is 367 g/mol. The van der Waals surface area contributed by atoms with Gasteiger partial charge < -0.3 is 9.84 Å². The lowest BCUT2D eigenvalue weighted by atomic mass is 9.91. The summed E-state index contributed by atoms with van der Waals surface area (Å²) < 4.78 is 5.54. The second-order valence-corrected chi connectivity index (χ2v) is 7.50. The van der Waals surface area contributed by atoms with Gasteiger partial charge in [-0.15, -0.1) is 11.3 Å². The molecule has 0 aliphatic carbocycles. The largest absolute Gasteiger partial charge is 0.496 e. The van der Waals surface area contributed by atoms with E-state index in [1.54, 1.807) is 13.3 Å². The van der Waals surface area contributed by atoms with Gasteiger partial charge in [0.05, 0.1) is 19.4 Å². The summed E-state index contributed by atoms with van der Waals surface area (Å²) in [5.41, 5.74) is 4.19. The summed E-state index contributed by atoms with van der Waals surface area (Å²) in [6, 6.07) is 14.1. The third kappa shape index (κ3) is 3.78. The van der Waals surface area contributed by atoms with E-state index in [-0.39, 0.29) is 12.3 Å². The molecule has 1 heterocycles. The Morgan fingerprint density at radius 3 is 2.62 bits per heavy atom. The van der Waals surface area contributed by atoms with E-state index in [9.17, 15) is 9.90 Å². The average Bonchev–Trinajstić information content (AvgIpc) is 3.05. The van der Waals surface area contributed by atoms with Crippen LogP contribution in [0.4, 0.5) is 0 Å². The minimum absolute atomic E-state index is 0.0272. The Labute approximate surface area is 157 Å². The molecule has 1 aromatic heterocycles. The van der Waals surface area contributed by atoms with Gasteiger partial charge in [0.15, 0.2) is 0 Å². The quantitative estimate of drug-likeness (QED) is 0.663. The van der Waals surface area contributed by atoms with Gasteiger partial charge in [0.25, 0.3) is 0 Å². The van der Waals surface area contributed by atoms with Crippen molar-refractivity contribution in [2.75, 3.05) is 7.11 Å². The summed E-state index contributed by atoms with van der Waals surface area (Å²) in [4.78, 5) is 17.0. The molecule has 4 nitrogen and oxygen atoms in total. The van der Waals surface area contributed by atoms with Crippen LogP contribution < -0.4 is 4.74 Å². The topological polar surface area (TPSA) is 59.4 Å². The molecule has 1 atom stereocenters. The molecule has 0 radical (unpaired) electrons. The van der Waals surface area contributed by atoms with Gasteiger partial charge in [0.2, 0.25) is 0 Å². The number of thiazole rings is 1. The number of rotatable bonds is 6. The normalized spacial score (nSPS) is 12.0. The van der Waals surface area contributed by atoms with Crippen LogP contribution in [0.5, 0.6) is 5.75 Å². The number of benzene rings is 2. The van der Waals surface area contributed by atoms with Crippen molar-refractivity contribution in [1.29, 1.82) is 0 Å². The number of hydrogen-bond acceptors (Lipinski definition) is 4. The summed E-state index contributed by atoms with van der Waals surface area (Å²) in [6.45, 7) is 4.04. The van der Waals surface area contributed by atoms with Crippen molar-refractivity contribution in [3.05, 3.63) is 69.7 Å². The molecule has 0 aliphatic rings. The highest BCUT2D eigenvalue weighted by Gasteiger charge is 2.25. The second kappa shape index (κ2) is 7.70.